The molecule has 78 valence electrons. The Hall–Kier alpha value is -2.01. The fraction of sp³-hybridized carbons (Fsp3) is 0. The Morgan fingerprint density at radius 3 is 2.88 bits per heavy atom. The molecule has 6 heteroatoms. The van der Waals surface area contributed by atoms with Gasteiger partial charge in [-0.1, -0.05) is 6.07 Å². The van der Waals surface area contributed by atoms with Crippen LogP contribution in [0.3, 0.4) is 0 Å². The third kappa shape index (κ3) is 1.42. The molecule has 0 radical (unpaired) electrons. The third-order valence-electron chi connectivity index (χ3n) is 2.15. The molecule has 16 heavy (non-hydrogen) atoms. The van der Waals surface area contributed by atoms with Crippen LogP contribution in [-0.4, -0.2) is 24.7 Å². The quantitative estimate of drug-likeness (QED) is 0.600. The van der Waals surface area contributed by atoms with Crippen LogP contribution in [0.25, 0.3) is 16.9 Å². The van der Waals surface area contributed by atoms with Crippen molar-refractivity contribution in [1.29, 1.82) is 0 Å². The minimum absolute atomic E-state index is 0.199. The van der Waals surface area contributed by atoms with E-state index < -0.39 is 0 Å². The molecule has 0 N–H and O–H groups in total. The van der Waals surface area contributed by atoms with Crippen molar-refractivity contribution in [2.75, 3.05) is 0 Å². The molecule has 3 rings (SSSR count). The summed E-state index contributed by atoms with van der Waals surface area (Å²) < 4.78 is 1.63. The zero-order valence-corrected chi connectivity index (χ0v) is 8.83. The lowest BCUT2D eigenvalue weighted by molar-refractivity contribution is 0.861. The summed E-state index contributed by atoms with van der Waals surface area (Å²) in [5.41, 5.74) is 0.652. The lowest BCUT2D eigenvalue weighted by Crippen LogP contribution is -1.99. The molecule has 0 saturated carbocycles. The molecule has 0 fully saturated rings. The molecule has 0 unspecified atom stereocenters. The van der Waals surface area contributed by atoms with Gasteiger partial charge in [0, 0.05) is 12.4 Å². The number of nitrogens with zero attached hydrogens (tertiary/aromatic N) is 5. The van der Waals surface area contributed by atoms with Gasteiger partial charge in [-0.05, 0) is 23.7 Å². The second-order valence-corrected chi connectivity index (χ2v) is 3.50. The summed E-state index contributed by atoms with van der Waals surface area (Å²) in [6.07, 6.45) is 5.02. The molecule has 3 heterocycles. The minimum Gasteiger partial charge on any atom is -0.237 e. The Kier molecular flexibility index (Phi) is 2.04. The summed E-state index contributed by atoms with van der Waals surface area (Å²) in [5.74, 6) is 0.701. The van der Waals surface area contributed by atoms with Crippen molar-refractivity contribution in [2.45, 2.75) is 0 Å². The van der Waals surface area contributed by atoms with Gasteiger partial charge in [-0.3, -0.25) is 0 Å². The summed E-state index contributed by atoms with van der Waals surface area (Å²) in [4.78, 5) is 12.2. The monoisotopic (exact) mass is 231 g/mol. The maximum Gasteiger partial charge on any atom is 0.224 e. The van der Waals surface area contributed by atoms with Crippen LogP contribution in [0.1, 0.15) is 0 Å². The predicted octanol–water partition coefficient (Wildman–Crippen LogP) is 1.86. The topological polar surface area (TPSA) is 56.5 Å². The van der Waals surface area contributed by atoms with Gasteiger partial charge in [0.1, 0.15) is 0 Å². The summed E-state index contributed by atoms with van der Waals surface area (Å²) in [6.45, 7) is 0. The van der Waals surface area contributed by atoms with Gasteiger partial charge in [0.2, 0.25) is 5.28 Å². The van der Waals surface area contributed by atoms with Crippen LogP contribution in [-0.2, 0) is 0 Å². The largest absolute Gasteiger partial charge is 0.237 e. The van der Waals surface area contributed by atoms with Crippen molar-refractivity contribution in [3.05, 3.63) is 42.1 Å². The van der Waals surface area contributed by atoms with Crippen LogP contribution in [0.2, 0.25) is 5.28 Å². The van der Waals surface area contributed by atoms with Gasteiger partial charge < -0.3 is 0 Å². The molecule has 0 saturated heterocycles. The van der Waals surface area contributed by atoms with Gasteiger partial charge in [0.25, 0.3) is 0 Å². The number of rotatable bonds is 1. The highest BCUT2D eigenvalue weighted by molar-refractivity contribution is 6.28. The van der Waals surface area contributed by atoms with Gasteiger partial charge >= 0.3 is 0 Å². The number of hydrogen-bond acceptors (Lipinski definition) is 4. The van der Waals surface area contributed by atoms with E-state index in [1.807, 2.05) is 18.2 Å². The third-order valence-corrected chi connectivity index (χ3v) is 2.33. The molecule has 0 spiro atoms. The Bertz CT molecular complexity index is 634. The molecule has 3 aromatic heterocycles. The van der Waals surface area contributed by atoms with E-state index in [2.05, 4.69) is 20.1 Å². The molecular formula is C10H6ClN5. The molecule has 0 bridgehead atoms. The van der Waals surface area contributed by atoms with E-state index >= 15 is 0 Å². The summed E-state index contributed by atoms with van der Waals surface area (Å²) in [7, 11) is 0. The zero-order valence-electron chi connectivity index (χ0n) is 8.08. The first-order valence-corrected chi connectivity index (χ1v) is 5.00. The Morgan fingerprint density at radius 2 is 2.06 bits per heavy atom. The second-order valence-electron chi connectivity index (χ2n) is 3.16. The SMILES string of the molecule is Clc1ncc2cnn(-c3ccccn3)c2n1. The van der Waals surface area contributed by atoms with Gasteiger partial charge in [-0.2, -0.15) is 14.8 Å². The molecule has 0 atom stereocenters. The zero-order chi connectivity index (χ0) is 11.0. The average Bonchev–Trinajstić information content (AvgIpc) is 2.73. The maximum absolute atomic E-state index is 5.75. The number of aromatic nitrogens is 5. The van der Waals surface area contributed by atoms with E-state index in [0.29, 0.717) is 11.5 Å². The van der Waals surface area contributed by atoms with E-state index in [9.17, 15) is 0 Å². The van der Waals surface area contributed by atoms with Gasteiger partial charge in [0.15, 0.2) is 11.5 Å². The lowest BCUT2D eigenvalue weighted by atomic mass is 10.4. The smallest absolute Gasteiger partial charge is 0.224 e. The van der Waals surface area contributed by atoms with Gasteiger partial charge in [0.05, 0.1) is 11.6 Å². The maximum atomic E-state index is 5.75. The van der Waals surface area contributed by atoms with Crippen molar-refractivity contribution in [1.82, 2.24) is 24.7 Å². The summed E-state index contributed by atoms with van der Waals surface area (Å²) in [6, 6.07) is 5.58. The van der Waals surface area contributed by atoms with Crippen LogP contribution >= 0.6 is 11.6 Å². The number of hydrogen-bond donors (Lipinski definition) is 0. The van der Waals surface area contributed by atoms with Crippen LogP contribution in [0.5, 0.6) is 0 Å². The van der Waals surface area contributed by atoms with E-state index in [0.717, 1.165) is 5.39 Å². The molecule has 0 aliphatic carbocycles. The summed E-state index contributed by atoms with van der Waals surface area (Å²) >= 11 is 5.75. The highest BCUT2D eigenvalue weighted by Gasteiger charge is 2.07. The number of fused-ring (bicyclic) bond motifs is 1. The van der Waals surface area contributed by atoms with E-state index in [1.54, 1.807) is 23.3 Å². The first-order chi connectivity index (χ1) is 7.84. The minimum atomic E-state index is 0.199. The van der Waals surface area contributed by atoms with E-state index in [1.165, 1.54) is 0 Å². The Morgan fingerprint density at radius 1 is 1.12 bits per heavy atom. The van der Waals surface area contributed by atoms with Crippen LogP contribution in [0.4, 0.5) is 0 Å². The predicted molar refractivity (Wildman–Crippen MR) is 59.5 cm³/mol. The fourth-order valence-electron chi connectivity index (χ4n) is 1.44. The van der Waals surface area contributed by atoms with Crippen molar-refractivity contribution >= 4 is 22.6 Å². The molecule has 5 nitrogen and oxygen atoms in total. The first kappa shape index (κ1) is 9.23. The van der Waals surface area contributed by atoms with Crippen LogP contribution in [0.15, 0.2) is 36.8 Å². The molecule has 0 amide bonds. The van der Waals surface area contributed by atoms with Gasteiger partial charge in [-0.15, -0.1) is 0 Å². The molecule has 0 aliphatic rings. The molecule has 0 aromatic carbocycles. The van der Waals surface area contributed by atoms with E-state index in [-0.39, 0.29) is 5.28 Å². The Balaban J connectivity index is 2.29. The van der Waals surface area contributed by atoms with Crippen molar-refractivity contribution < 1.29 is 0 Å². The van der Waals surface area contributed by atoms with Crippen molar-refractivity contribution in [3.8, 4) is 5.82 Å². The first-order valence-electron chi connectivity index (χ1n) is 4.62. The number of halogens is 1. The highest BCUT2D eigenvalue weighted by Crippen LogP contribution is 2.15. The normalized spacial score (nSPS) is 10.8. The highest BCUT2D eigenvalue weighted by atomic mass is 35.5. The second kappa shape index (κ2) is 3.53. The molecular weight excluding hydrogens is 226 g/mol. The standard InChI is InChI=1S/C10H6ClN5/c11-10-13-5-7-6-14-16(9(7)15-10)8-3-1-2-4-12-8/h1-6H. The van der Waals surface area contributed by atoms with Crippen molar-refractivity contribution in [3.63, 3.8) is 0 Å². The van der Waals surface area contributed by atoms with Crippen LogP contribution in [0, 0.1) is 0 Å². The van der Waals surface area contributed by atoms with E-state index in [4.69, 9.17) is 11.6 Å². The average molecular weight is 232 g/mol. The molecule has 0 aliphatic heterocycles. The van der Waals surface area contributed by atoms with Crippen molar-refractivity contribution in [2.24, 2.45) is 0 Å². The summed E-state index contributed by atoms with van der Waals surface area (Å²) in [5, 5.41) is 5.23. The fourth-order valence-corrected chi connectivity index (χ4v) is 1.57. The van der Waals surface area contributed by atoms with Crippen LogP contribution < -0.4 is 0 Å². The Labute approximate surface area is 95.7 Å². The number of pyridine rings is 1. The van der Waals surface area contributed by atoms with Gasteiger partial charge in [-0.25, -0.2) is 9.97 Å². The lowest BCUT2D eigenvalue weighted by Gasteiger charge is -2.00. The molecule has 3 aromatic rings.